The van der Waals surface area contributed by atoms with Gasteiger partial charge in [-0.3, -0.25) is 10.1 Å². The van der Waals surface area contributed by atoms with Gasteiger partial charge in [0.15, 0.2) is 6.61 Å². The summed E-state index contributed by atoms with van der Waals surface area (Å²) in [6, 6.07) is 31.2. The number of hydrogen-bond donors (Lipinski definition) is 0. The molecule has 0 saturated heterocycles. The maximum Gasteiger partial charge on any atom is 0.270 e. The molecule has 0 bridgehead atoms. The Kier molecular flexibility index (Phi) is 6.47. The Morgan fingerprint density at radius 1 is 0.814 bits per heavy atom. The largest absolute Gasteiger partial charge is 0.484 e. The third kappa shape index (κ3) is 4.80. The minimum absolute atomic E-state index is 0.000298. The highest BCUT2D eigenvalue weighted by Gasteiger charge is 2.25. The molecule has 7 rings (SSSR count). The Morgan fingerprint density at radius 2 is 1.44 bits per heavy atom. The summed E-state index contributed by atoms with van der Waals surface area (Å²) in [6.45, 7) is 0.0668. The van der Waals surface area contributed by atoms with Gasteiger partial charge in [0, 0.05) is 71.9 Å². The molecule has 0 fully saturated rings. The van der Waals surface area contributed by atoms with Gasteiger partial charge in [-0.05, 0) is 47.0 Å². The van der Waals surface area contributed by atoms with E-state index in [4.69, 9.17) is 9.15 Å². The van der Waals surface area contributed by atoms with E-state index in [0.29, 0.717) is 11.3 Å². The first kappa shape index (κ1) is 26.2. The van der Waals surface area contributed by atoms with Crippen LogP contribution >= 0.6 is 0 Å². The van der Waals surface area contributed by atoms with Crippen molar-refractivity contribution in [1.29, 1.82) is 0 Å². The lowest BCUT2D eigenvalue weighted by atomic mass is 9.85. The van der Waals surface area contributed by atoms with Crippen molar-refractivity contribution in [2.45, 2.75) is 12.5 Å². The zero-order chi connectivity index (χ0) is 29.5. The van der Waals surface area contributed by atoms with Crippen LogP contribution in [0.5, 0.6) is 5.75 Å². The monoisotopic (exact) mass is 569 g/mol. The van der Waals surface area contributed by atoms with Crippen LogP contribution in [0.2, 0.25) is 0 Å². The van der Waals surface area contributed by atoms with E-state index in [1.165, 1.54) is 45.1 Å². The van der Waals surface area contributed by atoms with Gasteiger partial charge in [0.25, 0.3) is 11.6 Å². The average molecular weight is 570 g/mol. The first-order valence-corrected chi connectivity index (χ1v) is 13.8. The van der Waals surface area contributed by atoms with Gasteiger partial charge in [0.2, 0.25) is 5.89 Å². The van der Waals surface area contributed by atoms with Gasteiger partial charge in [-0.2, -0.15) is 0 Å². The van der Waals surface area contributed by atoms with E-state index in [1.54, 1.807) is 12.1 Å². The molecule has 43 heavy (non-hydrogen) atoms. The highest BCUT2D eigenvalue weighted by Crippen LogP contribution is 2.41. The van der Waals surface area contributed by atoms with Crippen LogP contribution in [0.25, 0.3) is 33.3 Å². The Balaban J connectivity index is 1.19. The fourth-order valence-corrected chi connectivity index (χ4v) is 5.82. The van der Waals surface area contributed by atoms with E-state index < -0.39 is 4.92 Å². The molecule has 0 spiro atoms. The number of non-ortho nitro benzene ring substituents is 1. The third-order valence-corrected chi connectivity index (χ3v) is 7.82. The van der Waals surface area contributed by atoms with Gasteiger partial charge < -0.3 is 18.3 Å². The third-order valence-electron chi connectivity index (χ3n) is 7.82. The summed E-state index contributed by atoms with van der Waals surface area (Å²) in [5.74, 6) is 1.13. The van der Waals surface area contributed by atoms with Crippen LogP contribution in [0.15, 0.2) is 114 Å². The van der Waals surface area contributed by atoms with Gasteiger partial charge >= 0.3 is 0 Å². The van der Waals surface area contributed by atoms with Crippen molar-refractivity contribution in [2.24, 2.45) is 14.1 Å². The smallest absolute Gasteiger partial charge is 0.270 e. The molecule has 0 radical (unpaired) electrons. The van der Waals surface area contributed by atoms with Gasteiger partial charge in [0.1, 0.15) is 5.75 Å². The Labute approximate surface area is 246 Å². The molecule has 0 amide bonds. The number of nitrogens with zero attached hydrogens (tertiary/aromatic N) is 5. The summed E-state index contributed by atoms with van der Waals surface area (Å²) in [6.07, 6.45) is 4.46. The Bertz CT molecular complexity index is 2030. The summed E-state index contributed by atoms with van der Waals surface area (Å²) in [7, 11) is 4.18. The molecule has 3 aromatic heterocycles. The standard InChI is InChI=1S/C34H27N5O4/c1-37-19-28(26-10-3-5-12-30(26)37)33(29-20-38(2)31-13-6-4-11-27(29)31)22-14-16-25(17-15-22)42-21-32-35-36-34(43-32)23-8-7-9-24(18-23)39(40)41/h3-20,33H,21H2,1-2H3. The lowest BCUT2D eigenvalue weighted by Crippen LogP contribution is -2.03. The predicted octanol–water partition coefficient (Wildman–Crippen LogP) is 7.39. The molecule has 0 atom stereocenters. The Morgan fingerprint density at radius 3 is 2.07 bits per heavy atom. The maximum absolute atomic E-state index is 11.1. The zero-order valence-electron chi connectivity index (χ0n) is 23.5. The molecular formula is C34H27N5O4. The minimum Gasteiger partial charge on any atom is -0.484 e. The fraction of sp³-hybridized carbons (Fsp3) is 0.118. The first-order chi connectivity index (χ1) is 21.0. The quantitative estimate of drug-likeness (QED) is 0.140. The molecule has 9 heteroatoms. The predicted molar refractivity (Wildman–Crippen MR) is 164 cm³/mol. The number of hydrogen-bond acceptors (Lipinski definition) is 6. The molecule has 212 valence electrons. The number of fused-ring (bicyclic) bond motifs is 2. The molecule has 3 heterocycles. The van der Waals surface area contributed by atoms with Gasteiger partial charge in [0.05, 0.1) is 4.92 Å². The topological polar surface area (TPSA) is 101 Å². The minimum atomic E-state index is -0.460. The lowest BCUT2D eigenvalue weighted by molar-refractivity contribution is -0.384. The summed E-state index contributed by atoms with van der Waals surface area (Å²) >= 11 is 0. The first-order valence-electron chi connectivity index (χ1n) is 13.8. The number of nitro groups is 1. The highest BCUT2D eigenvalue weighted by atomic mass is 16.6. The molecule has 4 aromatic carbocycles. The van der Waals surface area contributed by atoms with E-state index in [-0.39, 0.29) is 30.0 Å². The fourth-order valence-electron chi connectivity index (χ4n) is 5.82. The normalized spacial score (nSPS) is 11.5. The van der Waals surface area contributed by atoms with E-state index >= 15 is 0 Å². The number of rotatable bonds is 8. The van der Waals surface area contributed by atoms with Gasteiger partial charge in [-0.25, -0.2) is 0 Å². The number of benzene rings is 4. The molecule has 7 aromatic rings. The van der Waals surface area contributed by atoms with Crippen LogP contribution in [0.4, 0.5) is 5.69 Å². The summed E-state index contributed by atoms with van der Waals surface area (Å²) in [5.41, 5.74) is 6.43. The maximum atomic E-state index is 11.1. The van der Waals surface area contributed by atoms with Gasteiger partial charge in [-0.1, -0.05) is 54.6 Å². The van der Waals surface area contributed by atoms with E-state index in [9.17, 15) is 10.1 Å². The second-order valence-electron chi connectivity index (χ2n) is 10.5. The van der Waals surface area contributed by atoms with Crippen molar-refractivity contribution in [3.05, 3.63) is 142 Å². The van der Waals surface area contributed by atoms with Crippen LogP contribution in [-0.4, -0.2) is 24.3 Å². The van der Waals surface area contributed by atoms with Crippen LogP contribution in [0.3, 0.4) is 0 Å². The van der Waals surface area contributed by atoms with Crippen molar-refractivity contribution in [1.82, 2.24) is 19.3 Å². The zero-order valence-corrected chi connectivity index (χ0v) is 23.5. The van der Waals surface area contributed by atoms with Crippen molar-refractivity contribution in [3.8, 4) is 17.2 Å². The molecular weight excluding hydrogens is 542 g/mol. The molecule has 0 aliphatic heterocycles. The molecule has 0 N–H and O–H groups in total. The van der Waals surface area contributed by atoms with Crippen molar-refractivity contribution < 1.29 is 14.1 Å². The lowest BCUT2D eigenvalue weighted by Gasteiger charge is -2.18. The van der Waals surface area contributed by atoms with Crippen LogP contribution in [0, 0.1) is 10.1 Å². The van der Waals surface area contributed by atoms with E-state index in [2.05, 4.69) is 106 Å². The van der Waals surface area contributed by atoms with Crippen LogP contribution in [0.1, 0.15) is 28.5 Å². The van der Waals surface area contributed by atoms with E-state index in [0.717, 1.165) is 5.56 Å². The van der Waals surface area contributed by atoms with Crippen LogP contribution in [-0.2, 0) is 20.7 Å². The number of aryl methyl sites for hydroxylation is 2. The summed E-state index contributed by atoms with van der Waals surface area (Å²) in [4.78, 5) is 10.7. The number of para-hydroxylation sites is 2. The molecule has 0 aliphatic carbocycles. The van der Waals surface area contributed by atoms with Crippen molar-refractivity contribution in [2.75, 3.05) is 0 Å². The number of nitro benzene ring substituents is 1. The second kappa shape index (κ2) is 10.6. The second-order valence-corrected chi connectivity index (χ2v) is 10.5. The molecule has 0 aliphatic rings. The summed E-state index contributed by atoms with van der Waals surface area (Å²) < 4.78 is 16.1. The van der Waals surface area contributed by atoms with Gasteiger partial charge in [-0.15, -0.1) is 10.2 Å². The SMILES string of the molecule is Cn1cc(C(c2ccc(OCc3nnc(-c4cccc([N+](=O)[O-])c4)o3)cc2)c2cn(C)c3ccccc23)c2ccccc21. The molecule has 9 nitrogen and oxygen atoms in total. The van der Waals surface area contributed by atoms with Crippen molar-refractivity contribution in [3.63, 3.8) is 0 Å². The Hall–Kier alpha value is -5.70. The number of ether oxygens (including phenoxy) is 1. The molecule has 0 saturated carbocycles. The summed E-state index contributed by atoms with van der Waals surface area (Å²) in [5, 5.41) is 21.6. The average Bonchev–Trinajstić information content (AvgIpc) is 3.74. The van der Waals surface area contributed by atoms with E-state index in [1.807, 2.05) is 12.1 Å². The van der Waals surface area contributed by atoms with Crippen LogP contribution < -0.4 is 4.74 Å². The highest BCUT2D eigenvalue weighted by molar-refractivity contribution is 5.89. The number of aromatic nitrogens is 4. The van der Waals surface area contributed by atoms with Crippen molar-refractivity contribution >= 4 is 27.5 Å². The molecule has 0 unspecified atom stereocenters.